The Hall–Kier alpha value is -4.16. The third-order valence-electron chi connectivity index (χ3n) is 3.72. The number of nitro groups is 1. The van der Waals surface area contributed by atoms with Gasteiger partial charge in [-0.1, -0.05) is 12.1 Å². The van der Waals surface area contributed by atoms with Crippen molar-refractivity contribution in [3.8, 4) is 23.5 Å². The predicted molar refractivity (Wildman–Crippen MR) is 95.4 cm³/mol. The van der Waals surface area contributed by atoms with E-state index in [-0.39, 0.29) is 5.69 Å². The molecule has 1 heterocycles. The van der Waals surface area contributed by atoms with Gasteiger partial charge < -0.3 is 4.42 Å². The van der Waals surface area contributed by atoms with E-state index in [1.165, 1.54) is 12.1 Å². The monoisotopic (exact) mass is 341 g/mol. The van der Waals surface area contributed by atoms with E-state index in [1.807, 2.05) is 6.07 Å². The molecule has 0 radical (unpaired) electrons. The van der Waals surface area contributed by atoms with Crippen molar-refractivity contribution < 1.29 is 9.34 Å². The number of nitro benzene ring substituents is 1. The second-order valence-electron chi connectivity index (χ2n) is 5.36. The quantitative estimate of drug-likeness (QED) is 0.385. The number of non-ortho nitro benzene ring substituents is 1. The lowest BCUT2D eigenvalue weighted by Gasteiger charge is -1.99. The molecule has 0 saturated carbocycles. The van der Waals surface area contributed by atoms with Gasteiger partial charge in [0, 0.05) is 17.7 Å². The van der Waals surface area contributed by atoms with Crippen LogP contribution in [0.1, 0.15) is 16.9 Å². The van der Waals surface area contributed by atoms with E-state index in [2.05, 4.69) is 6.07 Å². The number of hydrogen-bond acceptors (Lipinski definition) is 5. The van der Waals surface area contributed by atoms with Crippen molar-refractivity contribution in [1.82, 2.24) is 0 Å². The topological polar surface area (TPSA) is 104 Å². The standard InChI is InChI=1S/C20H11N3O3/c21-12-14-1-3-15(4-2-14)17(13-22)11-19-9-10-20(26-19)16-5-7-18(8-6-16)23(24)25/h1-11H/b17-11+. The molecule has 0 bridgehead atoms. The first-order chi connectivity index (χ1) is 12.6. The normalized spacial score (nSPS) is 10.8. The van der Waals surface area contributed by atoms with Gasteiger partial charge in [-0.15, -0.1) is 0 Å². The van der Waals surface area contributed by atoms with Crippen molar-refractivity contribution in [3.05, 3.63) is 87.7 Å². The Morgan fingerprint density at radius 3 is 2.27 bits per heavy atom. The van der Waals surface area contributed by atoms with Crippen molar-refractivity contribution in [2.45, 2.75) is 0 Å². The molecular formula is C20H11N3O3. The van der Waals surface area contributed by atoms with Crippen LogP contribution in [-0.2, 0) is 0 Å². The van der Waals surface area contributed by atoms with Crippen molar-refractivity contribution in [3.63, 3.8) is 0 Å². The summed E-state index contributed by atoms with van der Waals surface area (Å²) in [6.07, 6.45) is 1.61. The van der Waals surface area contributed by atoms with Gasteiger partial charge in [0.1, 0.15) is 11.5 Å². The summed E-state index contributed by atoms with van der Waals surface area (Å²) in [5.41, 5.74) is 2.31. The molecule has 124 valence electrons. The Bertz CT molecular complexity index is 1060. The van der Waals surface area contributed by atoms with Gasteiger partial charge in [-0.25, -0.2) is 0 Å². The minimum Gasteiger partial charge on any atom is -0.457 e. The summed E-state index contributed by atoms with van der Waals surface area (Å²) in [5, 5.41) is 28.9. The largest absolute Gasteiger partial charge is 0.457 e. The Morgan fingerprint density at radius 2 is 1.69 bits per heavy atom. The zero-order chi connectivity index (χ0) is 18.5. The second kappa shape index (κ2) is 7.16. The highest BCUT2D eigenvalue weighted by Gasteiger charge is 2.09. The third kappa shape index (κ3) is 3.50. The number of hydrogen-bond donors (Lipinski definition) is 0. The van der Waals surface area contributed by atoms with Crippen LogP contribution in [0.4, 0.5) is 5.69 Å². The first-order valence-electron chi connectivity index (χ1n) is 7.57. The van der Waals surface area contributed by atoms with E-state index in [0.717, 1.165) is 0 Å². The molecule has 0 fully saturated rings. The maximum atomic E-state index is 10.7. The highest BCUT2D eigenvalue weighted by Crippen LogP contribution is 2.26. The maximum Gasteiger partial charge on any atom is 0.269 e. The molecule has 1 aromatic heterocycles. The molecule has 0 unspecified atom stereocenters. The summed E-state index contributed by atoms with van der Waals surface area (Å²) in [6, 6.07) is 20.3. The molecule has 0 aliphatic rings. The molecule has 26 heavy (non-hydrogen) atoms. The average molecular weight is 341 g/mol. The van der Waals surface area contributed by atoms with E-state index >= 15 is 0 Å². The first-order valence-corrected chi connectivity index (χ1v) is 7.57. The highest BCUT2D eigenvalue weighted by molar-refractivity contribution is 5.89. The molecular weight excluding hydrogens is 330 g/mol. The van der Waals surface area contributed by atoms with Gasteiger partial charge in [0.15, 0.2) is 0 Å². The van der Waals surface area contributed by atoms with Gasteiger partial charge in [-0.2, -0.15) is 10.5 Å². The lowest BCUT2D eigenvalue weighted by atomic mass is 10.0. The van der Waals surface area contributed by atoms with Crippen molar-refractivity contribution in [1.29, 1.82) is 10.5 Å². The number of allylic oxidation sites excluding steroid dienone is 1. The second-order valence-corrected chi connectivity index (χ2v) is 5.36. The average Bonchev–Trinajstić information content (AvgIpc) is 3.15. The van der Waals surface area contributed by atoms with Gasteiger partial charge >= 0.3 is 0 Å². The number of benzene rings is 2. The summed E-state index contributed by atoms with van der Waals surface area (Å²) in [7, 11) is 0. The van der Waals surface area contributed by atoms with Crippen LogP contribution < -0.4 is 0 Å². The van der Waals surface area contributed by atoms with E-state index < -0.39 is 4.92 Å². The maximum absolute atomic E-state index is 10.7. The predicted octanol–water partition coefficient (Wildman–Crippen LogP) is 4.79. The summed E-state index contributed by atoms with van der Waals surface area (Å²) in [5.74, 6) is 1.03. The van der Waals surface area contributed by atoms with Gasteiger partial charge in [-0.05, 0) is 48.0 Å². The molecule has 3 aromatic rings. The number of rotatable bonds is 4. The third-order valence-corrected chi connectivity index (χ3v) is 3.72. The fourth-order valence-corrected chi connectivity index (χ4v) is 2.38. The van der Waals surface area contributed by atoms with E-state index in [4.69, 9.17) is 9.68 Å². The molecule has 0 aliphatic carbocycles. The van der Waals surface area contributed by atoms with Gasteiger partial charge in [-0.3, -0.25) is 10.1 Å². The van der Waals surface area contributed by atoms with Gasteiger partial charge in [0.05, 0.1) is 28.2 Å². The Labute approximate surface area is 149 Å². The smallest absolute Gasteiger partial charge is 0.269 e. The molecule has 0 saturated heterocycles. The highest BCUT2D eigenvalue weighted by atomic mass is 16.6. The van der Waals surface area contributed by atoms with Crippen LogP contribution in [0.5, 0.6) is 0 Å². The van der Waals surface area contributed by atoms with E-state index in [0.29, 0.717) is 33.8 Å². The molecule has 0 N–H and O–H groups in total. The van der Waals surface area contributed by atoms with Crippen LogP contribution in [0.15, 0.2) is 65.1 Å². The lowest BCUT2D eigenvalue weighted by Crippen LogP contribution is -1.86. The Balaban J connectivity index is 1.88. The summed E-state index contributed by atoms with van der Waals surface area (Å²) >= 11 is 0. The van der Waals surface area contributed by atoms with Crippen LogP contribution >= 0.6 is 0 Å². The van der Waals surface area contributed by atoms with E-state index in [9.17, 15) is 15.4 Å². The van der Waals surface area contributed by atoms with Gasteiger partial charge in [0.2, 0.25) is 0 Å². The molecule has 0 spiro atoms. The Kier molecular flexibility index (Phi) is 4.60. The lowest BCUT2D eigenvalue weighted by molar-refractivity contribution is -0.384. The van der Waals surface area contributed by atoms with Crippen molar-refractivity contribution in [2.24, 2.45) is 0 Å². The zero-order valence-corrected chi connectivity index (χ0v) is 13.4. The summed E-state index contributed by atoms with van der Waals surface area (Å²) < 4.78 is 5.72. The van der Waals surface area contributed by atoms with Crippen LogP contribution in [0.25, 0.3) is 23.0 Å². The molecule has 0 atom stereocenters. The van der Waals surface area contributed by atoms with Gasteiger partial charge in [0.25, 0.3) is 5.69 Å². The van der Waals surface area contributed by atoms with Crippen LogP contribution in [0, 0.1) is 32.8 Å². The number of nitriles is 2. The number of furan rings is 1. The van der Waals surface area contributed by atoms with Crippen molar-refractivity contribution >= 4 is 17.3 Å². The van der Waals surface area contributed by atoms with E-state index in [1.54, 1.807) is 54.6 Å². The molecule has 3 rings (SSSR count). The van der Waals surface area contributed by atoms with Crippen LogP contribution in [-0.4, -0.2) is 4.92 Å². The summed E-state index contributed by atoms with van der Waals surface area (Å²) in [4.78, 5) is 10.2. The zero-order valence-electron chi connectivity index (χ0n) is 13.4. The van der Waals surface area contributed by atoms with Crippen molar-refractivity contribution in [2.75, 3.05) is 0 Å². The SMILES string of the molecule is N#C/C(=C\c1ccc(-c2ccc([N+](=O)[O-])cc2)o1)c1ccc(C#N)cc1. The van der Waals surface area contributed by atoms with Crippen LogP contribution in [0.2, 0.25) is 0 Å². The molecule has 0 aliphatic heterocycles. The minimum atomic E-state index is -0.461. The molecule has 2 aromatic carbocycles. The van der Waals surface area contributed by atoms with Crippen LogP contribution in [0.3, 0.4) is 0 Å². The minimum absolute atomic E-state index is 0.00741. The molecule has 6 nitrogen and oxygen atoms in total. The number of nitrogens with zero attached hydrogens (tertiary/aromatic N) is 3. The summed E-state index contributed by atoms with van der Waals surface area (Å²) in [6.45, 7) is 0. The Morgan fingerprint density at radius 1 is 1.00 bits per heavy atom. The first kappa shape index (κ1) is 16.7. The molecule has 6 heteroatoms. The fraction of sp³-hybridized carbons (Fsp3) is 0. The fourth-order valence-electron chi connectivity index (χ4n) is 2.38. The molecule has 0 amide bonds.